The van der Waals surface area contributed by atoms with Crippen LogP contribution < -0.4 is 10.6 Å². The maximum absolute atomic E-state index is 11.7. The summed E-state index contributed by atoms with van der Waals surface area (Å²) < 4.78 is 10.0. The van der Waals surface area contributed by atoms with E-state index in [4.69, 9.17) is 9.15 Å². The number of carbonyl (C=O) groups is 2. The standard InChI is InChI=1S/C14H20N2O5/c1-20-8-6-15-12(17)13(18)16-9-14(19,10-4-5-10)11-3-2-7-21-11/h2-3,7,10,19H,4-6,8-9H2,1H3,(H,15,17)(H,16,18). The molecule has 21 heavy (non-hydrogen) atoms. The van der Waals surface area contributed by atoms with Gasteiger partial charge in [-0.3, -0.25) is 9.59 Å². The van der Waals surface area contributed by atoms with Gasteiger partial charge in [-0.2, -0.15) is 0 Å². The smallest absolute Gasteiger partial charge is 0.309 e. The Hall–Kier alpha value is -1.86. The van der Waals surface area contributed by atoms with Gasteiger partial charge in [-0.1, -0.05) is 0 Å². The van der Waals surface area contributed by atoms with Crippen LogP contribution in [0.5, 0.6) is 0 Å². The number of ether oxygens (including phenoxy) is 1. The monoisotopic (exact) mass is 296 g/mol. The second kappa shape index (κ2) is 6.73. The molecular formula is C14H20N2O5. The first-order valence-corrected chi connectivity index (χ1v) is 6.89. The van der Waals surface area contributed by atoms with Crippen molar-refractivity contribution in [2.24, 2.45) is 5.92 Å². The highest BCUT2D eigenvalue weighted by molar-refractivity contribution is 6.35. The van der Waals surface area contributed by atoms with Crippen LogP contribution in [0, 0.1) is 5.92 Å². The molecule has 1 aliphatic rings. The van der Waals surface area contributed by atoms with Crippen LogP contribution in [0.15, 0.2) is 22.8 Å². The second-order valence-corrected chi connectivity index (χ2v) is 5.11. The number of amides is 2. The first-order valence-electron chi connectivity index (χ1n) is 6.89. The topological polar surface area (TPSA) is 101 Å². The van der Waals surface area contributed by atoms with E-state index < -0.39 is 17.4 Å². The molecule has 0 bridgehead atoms. The molecule has 1 aliphatic carbocycles. The van der Waals surface area contributed by atoms with E-state index in [9.17, 15) is 14.7 Å². The normalized spacial score (nSPS) is 17.0. The molecule has 2 rings (SSSR count). The van der Waals surface area contributed by atoms with Gasteiger partial charge in [-0.15, -0.1) is 0 Å². The van der Waals surface area contributed by atoms with Gasteiger partial charge in [-0.05, 0) is 30.9 Å². The molecule has 2 amide bonds. The minimum Gasteiger partial charge on any atom is -0.466 e. The highest BCUT2D eigenvalue weighted by Crippen LogP contribution is 2.45. The summed E-state index contributed by atoms with van der Waals surface area (Å²) in [4.78, 5) is 23.2. The average molecular weight is 296 g/mol. The van der Waals surface area contributed by atoms with E-state index in [2.05, 4.69) is 10.6 Å². The SMILES string of the molecule is COCCNC(=O)C(=O)NCC(O)(c1ccco1)C1CC1. The van der Waals surface area contributed by atoms with Crippen molar-refractivity contribution in [3.63, 3.8) is 0 Å². The van der Waals surface area contributed by atoms with Crippen LogP contribution in [0.2, 0.25) is 0 Å². The summed E-state index contributed by atoms with van der Waals surface area (Å²) in [5.74, 6) is -1.08. The summed E-state index contributed by atoms with van der Waals surface area (Å²) in [6, 6.07) is 3.35. The van der Waals surface area contributed by atoms with Gasteiger partial charge < -0.3 is 24.9 Å². The zero-order valence-electron chi connectivity index (χ0n) is 11.9. The van der Waals surface area contributed by atoms with Crippen LogP contribution in [-0.2, 0) is 19.9 Å². The van der Waals surface area contributed by atoms with Crippen LogP contribution in [0.1, 0.15) is 18.6 Å². The molecule has 0 aliphatic heterocycles. The van der Waals surface area contributed by atoms with Crippen LogP contribution in [0.25, 0.3) is 0 Å². The fourth-order valence-corrected chi connectivity index (χ4v) is 2.16. The third-order valence-corrected chi connectivity index (χ3v) is 3.52. The summed E-state index contributed by atoms with van der Waals surface area (Å²) in [6.45, 7) is 0.535. The number of aliphatic hydroxyl groups is 1. The predicted octanol–water partition coefficient (Wildman–Crippen LogP) is -0.244. The lowest BCUT2D eigenvalue weighted by Crippen LogP contribution is -2.47. The van der Waals surface area contributed by atoms with Crippen molar-refractivity contribution in [1.82, 2.24) is 10.6 Å². The van der Waals surface area contributed by atoms with Gasteiger partial charge in [0.25, 0.3) is 0 Å². The van der Waals surface area contributed by atoms with Crippen LogP contribution in [-0.4, -0.2) is 43.7 Å². The van der Waals surface area contributed by atoms with Gasteiger partial charge in [0.2, 0.25) is 0 Å². The summed E-state index contributed by atoms with van der Waals surface area (Å²) >= 11 is 0. The number of hydrogen-bond donors (Lipinski definition) is 3. The quantitative estimate of drug-likeness (QED) is 0.476. The first-order chi connectivity index (χ1) is 10.1. The Morgan fingerprint density at radius 1 is 1.43 bits per heavy atom. The molecule has 1 aromatic rings. The molecule has 1 saturated carbocycles. The number of furan rings is 1. The number of nitrogens with one attached hydrogen (secondary N) is 2. The van der Waals surface area contributed by atoms with E-state index in [1.54, 1.807) is 12.1 Å². The van der Waals surface area contributed by atoms with Crippen molar-refractivity contribution in [3.05, 3.63) is 24.2 Å². The molecule has 7 nitrogen and oxygen atoms in total. The lowest BCUT2D eigenvalue weighted by atomic mass is 9.94. The molecule has 1 aromatic heterocycles. The molecule has 1 unspecified atom stereocenters. The maximum Gasteiger partial charge on any atom is 0.309 e. The van der Waals surface area contributed by atoms with Gasteiger partial charge in [0, 0.05) is 13.7 Å². The molecule has 3 N–H and O–H groups in total. The van der Waals surface area contributed by atoms with E-state index in [0.29, 0.717) is 12.4 Å². The summed E-state index contributed by atoms with van der Waals surface area (Å²) in [5, 5.41) is 15.6. The summed E-state index contributed by atoms with van der Waals surface area (Å²) in [7, 11) is 1.51. The maximum atomic E-state index is 11.7. The average Bonchev–Trinajstić information content (AvgIpc) is 3.19. The van der Waals surface area contributed by atoms with Crippen molar-refractivity contribution < 1.29 is 23.8 Å². The Labute approximate surface area is 122 Å². The highest BCUT2D eigenvalue weighted by Gasteiger charge is 2.47. The zero-order chi connectivity index (χ0) is 15.3. The van der Waals surface area contributed by atoms with Crippen molar-refractivity contribution in [1.29, 1.82) is 0 Å². The van der Waals surface area contributed by atoms with Crippen LogP contribution in [0.4, 0.5) is 0 Å². The Bertz CT molecular complexity index is 484. The first kappa shape index (κ1) is 15.5. The van der Waals surface area contributed by atoms with Gasteiger partial charge in [0.1, 0.15) is 11.4 Å². The largest absolute Gasteiger partial charge is 0.466 e. The van der Waals surface area contributed by atoms with Gasteiger partial charge in [-0.25, -0.2) is 0 Å². The van der Waals surface area contributed by atoms with Crippen LogP contribution in [0.3, 0.4) is 0 Å². The van der Waals surface area contributed by atoms with Gasteiger partial charge in [0.15, 0.2) is 0 Å². The molecule has 0 radical (unpaired) electrons. The van der Waals surface area contributed by atoms with Gasteiger partial charge >= 0.3 is 11.8 Å². The lowest BCUT2D eigenvalue weighted by molar-refractivity contribution is -0.140. The molecule has 0 aromatic carbocycles. The Morgan fingerprint density at radius 3 is 2.71 bits per heavy atom. The molecule has 0 saturated heterocycles. The fourth-order valence-electron chi connectivity index (χ4n) is 2.16. The third-order valence-electron chi connectivity index (χ3n) is 3.52. The molecule has 1 atom stereocenters. The van der Waals surface area contributed by atoms with E-state index in [-0.39, 0.29) is 19.0 Å². The third kappa shape index (κ3) is 3.83. The molecule has 0 spiro atoms. The second-order valence-electron chi connectivity index (χ2n) is 5.11. The Morgan fingerprint density at radius 2 is 2.14 bits per heavy atom. The van der Waals surface area contributed by atoms with Crippen molar-refractivity contribution in [2.75, 3.05) is 26.8 Å². The van der Waals surface area contributed by atoms with E-state index in [1.165, 1.54) is 13.4 Å². The Balaban J connectivity index is 1.88. The van der Waals surface area contributed by atoms with Crippen molar-refractivity contribution in [2.45, 2.75) is 18.4 Å². The number of hydrogen-bond acceptors (Lipinski definition) is 5. The zero-order valence-corrected chi connectivity index (χ0v) is 11.9. The highest BCUT2D eigenvalue weighted by atomic mass is 16.5. The lowest BCUT2D eigenvalue weighted by Gasteiger charge is -2.26. The summed E-state index contributed by atoms with van der Waals surface area (Å²) in [5.41, 5.74) is -1.26. The molecule has 1 fully saturated rings. The van der Waals surface area contributed by atoms with E-state index in [1.807, 2.05) is 0 Å². The summed E-state index contributed by atoms with van der Waals surface area (Å²) in [6.07, 6.45) is 3.21. The Kier molecular flexibility index (Phi) is 4.98. The van der Waals surface area contributed by atoms with Gasteiger partial charge in [0.05, 0.1) is 19.4 Å². The fraction of sp³-hybridized carbons (Fsp3) is 0.571. The number of rotatable bonds is 7. The minimum absolute atomic E-state index is 0.0421. The van der Waals surface area contributed by atoms with Crippen molar-refractivity contribution >= 4 is 11.8 Å². The van der Waals surface area contributed by atoms with Crippen LogP contribution >= 0.6 is 0 Å². The molecule has 1 heterocycles. The molecule has 116 valence electrons. The molecule has 7 heteroatoms. The number of carbonyl (C=O) groups excluding carboxylic acids is 2. The minimum atomic E-state index is -1.26. The molecular weight excluding hydrogens is 276 g/mol. The van der Waals surface area contributed by atoms with Crippen molar-refractivity contribution in [3.8, 4) is 0 Å². The van der Waals surface area contributed by atoms with E-state index >= 15 is 0 Å². The number of methoxy groups -OCH3 is 1. The predicted molar refractivity (Wildman–Crippen MR) is 73.2 cm³/mol. The van der Waals surface area contributed by atoms with E-state index in [0.717, 1.165) is 12.8 Å².